The van der Waals surface area contributed by atoms with Gasteiger partial charge >= 0.3 is 6.03 Å². The molecule has 1 spiro atoms. The molecule has 1 saturated heterocycles. The summed E-state index contributed by atoms with van der Waals surface area (Å²) in [6.07, 6.45) is 3.07. The molecule has 0 atom stereocenters. The van der Waals surface area contributed by atoms with Crippen LogP contribution in [0.25, 0.3) is 0 Å². The molecule has 4 amide bonds. The van der Waals surface area contributed by atoms with E-state index < -0.39 is 11.6 Å². The predicted octanol–water partition coefficient (Wildman–Crippen LogP) is 4.28. The smallest absolute Gasteiger partial charge is 0.325 e. The number of carbonyl (C=O) groups excluding carboxylic acids is 3. The van der Waals surface area contributed by atoms with Crippen LogP contribution >= 0.6 is 0 Å². The normalized spacial score (nSPS) is 24.9. The van der Waals surface area contributed by atoms with Crippen LogP contribution in [0.5, 0.6) is 0 Å². The Morgan fingerprint density at radius 1 is 1.17 bits per heavy atom. The van der Waals surface area contributed by atoms with Gasteiger partial charge in [-0.1, -0.05) is 46.8 Å². The number of hydrogen-bond acceptors (Lipinski definition) is 3. The number of benzene rings is 1. The van der Waals surface area contributed by atoms with Crippen molar-refractivity contribution in [3.63, 3.8) is 0 Å². The Labute approximate surface area is 173 Å². The van der Waals surface area contributed by atoms with Crippen LogP contribution in [-0.2, 0) is 9.59 Å². The number of rotatable bonds is 4. The lowest BCUT2D eigenvalue weighted by Gasteiger charge is -2.40. The molecule has 2 aliphatic rings. The SMILES string of the molecule is CC(C)c1ccc(NC(=O)CN2C(=O)NC3(CCC(C(C)(C)C)CC3)C2=O)cc1. The van der Waals surface area contributed by atoms with Crippen molar-refractivity contribution >= 4 is 23.5 Å². The zero-order valence-electron chi connectivity index (χ0n) is 18.2. The van der Waals surface area contributed by atoms with Gasteiger partial charge in [-0.25, -0.2) is 4.79 Å². The summed E-state index contributed by atoms with van der Waals surface area (Å²) in [6, 6.07) is 7.16. The number of anilines is 1. The quantitative estimate of drug-likeness (QED) is 0.742. The van der Waals surface area contributed by atoms with Crippen LogP contribution in [0.15, 0.2) is 24.3 Å². The molecule has 29 heavy (non-hydrogen) atoms. The fourth-order valence-corrected chi connectivity index (χ4v) is 4.43. The molecule has 2 N–H and O–H groups in total. The van der Waals surface area contributed by atoms with Gasteiger partial charge in [-0.2, -0.15) is 0 Å². The summed E-state index contributed by atoms with van der Waals surface area (Å²) < 4.78 is 0. The van der Waals surface area contributed by atoms with Gasteiger partial charge in [0, 0.05) is 5.69 Å². The number of nitrogens with one attached hydrogen (secondary N) is 2. The van der Waals surface area contributed by atoms with Gasteiger partial charge in [0.15, 0.2) is 0 Å². The molecule has 3 rings (SSSR count). The number of urea groups is 1. The average molecular weight is 400 g/mol. The summed E-state index contributed by atoms with van der Waals surface area (Å²) in [6.45, 7) is 10.6. The number of imide groups is 1. The van der Waals surface area contributed by atoms with Gasteiger partial charge in [0.05, 0.1) is 0 Å². The van der Waals surface area contributed by atoms with Gasteiger partial charge < -0.3 is 10.6 Å². The van der Waals surface area contributed by atoms with E-state index in [1.54, 1.807) is 0 Å². The van der Waals surface area contributed by atoms with E-state index in [1.165, 1.54) is 5.56 Å². The average Bonchev–Trinajstić information content (AvgIpc) is 2.86. The van der Waals surface area contributed by atoms with Crippen molar-refractivity contribution in [3.05, 3.63) is 29.8 Å². The standard InChI is InChI=1S/C23H33N3O3/c1-15(2)16-6-8-18(9-7-16)24-19(27)14-26-20(28)23(25-21(26)29)12-10-17(11-13-23)22(3,4)5/h6-9,15,17H,10-14H2,1-5H3,(H,24,27)(H,25,29). The summed E-state index contributed by atoms with van der Waals surface area (Å²) >= 11 is 0. The lowest BCUT2D eigenvalue weighted by atomic mass is 9.67. The molecular weight excluding hydrogens is 366 g/mol. The molecule has 1 saturated carbocycles. The van der Waals surface area contributed by atoms with Crippen LogP contribution in [-0.4, -0.2) is 34.8 Å². The lowest BCUT2D eigenvalue weighted by Crippen LogP contribution is -2.50. The zero-order valence-corrected chi connectivity index (χ0v) is 18.2. The molecular formula is C23H33N3O3. The van der Waals surface area contributed by atoms with Crippen molar-refractivity contribution in [1.29, 1.82) is 0 Å². The summed E-state index contributed by atoms with van der Waals surface area (Å²) in [4.78, 5) is 39.0. The monoisotopic (exact) mass is 399 g/mol. The number of hydrogen-bond donors (Lipinski definition) is 2. The highest BCUT2D eigenvalue weighted by Crippen LogP contribution is 2.43. The van der Waals surface area contributed by atoms with Gasteiger partial charge in [0.25, 0.3) is 5.91 Å². The van der Waals surface area contributed by atoms with E-state index in [9.17, 15) is 14.4 Å². The number of carbonyl (C=O) groups is 3. The zero-order chi connectivity index (χ0) is 21.4. The first kappa shape index (κ1) is 21.3. The predicted molar refractivity (Wildman–Crippen MR) is 114 cm³/mol. The van der Waals surface area contributed by atoms with Crippen molar-refractivity contribution in [3.8, 4) is 0 Å². The van der Waals surface area contributed by atoms with Gasteiger partial charge in [0.1, 0.15) is 12.1 Å². The second kappa shape index (κ2) is 7.81. The first-order chi connectivity index (χ1) is 13.5. The van der Waals surface area contributed by atoms with Crippen molar-refractivity contribution in [2.45, 2.75) is 71.8 Å². The van der Waals surface area contributed by atoms with Gasteiger partial charge in [0.2, 0.25) is 5.91 Å². The minimum atomic E-state index is -0.835. The maximum absolute atomic E-state index is 13.0. The highest BCUT2D eigenvalue weighted by atomic mass is 16.2. The molecule has 2 fully saturated rings. The first-order valence-corrected chi connectivity index (χ1v) is 10.6. The van der Waals surface area contributed by atoms with Crippen LogP contribution in [0.1, 0.15) is 71.8 Å². The summed E-state index contributed by atoms with van der Waals surface area (Å²) in [5, 5.41) is 5.67. The van der Waals surface area contributed by atoms with E-state index in [-0.39, 0.29) is 23.8 Å². The van der Waals surface area contributed by atoms with E-state index in [0.29, 0.717) is 30.4 Å². The largest absolute Gasteiger partial charge is 0.325 e. The first-order valence-electron chi connectivity index (χ1n) is 10.6. The number of nitrogens with zero attached hydrogens (tertiary/aromatic N) is 1. The molecule has 1 aromatic rings. The van der Waals surface area contributed by atoms with Crippen LogP contribution in [0, 0.1) is 11.3 Å². The highest BCUT2D eigenvalue weighted by molar-refractivity contribution is 6.10. The Hall–Kier alpha value is -2.37. The Morgan fingerprint density at radius 2 is 1.76 bits per heavy atom. The van der Waals surface area contributed by atoms with Gasteiger partial charge in [-0.15, -0.1) is 0 Å². The topological polar surface area (TPSA) is 78.5 Å². The molecule has 0 unspecified atom stereocenters. The molecule has 0 bridgehead atoms. The molecule has 1 aliphatic carbocycles. The van der Waals surface area contributed by atoms with Gasteiger partial charge in [-0.3, -0.25) is 14.5 Å². The molecule has 6 nitrogen and oxygen atoms in total. The molecule has 6 heteroatoms. The van der Waals surface area contributed by atoms with Crippen molar-refractivity contribution < 1.29 is 14.4 Å². The minimum Gasteiger partial charge on any atom is -0.325 e. The molecule has 1 aliphatic heterocycles. The fraction of sp³-hybridized carbons (Fsp3) is 0.609. The van der Waals surface area contributed by atoms with Crippen LogP contribution in [0.4, 0.5) is 10.5 Å². The molecule has 1 aromatic carbocycles. The third kappa shape index (κ3) is 4.46. The van der Waals surface area contributed by atoms with Crippen LogP contribution in [0.2, 0.25) is 0 Å². The minimum absolute atomic E-state index is 0.192. The van der Waals surface area contributed by atoms with Crippen molar-refractivity contribution in [2.24, 2.45) is 11.3 Å². The van der Waals surface area contributed by atoms with E-state index in [2.05, 4.69) is 45.3 Å². The maximum atomic E-state index is 13.0. The third-order valence-corrected chi connectivity index (χ3v) is 6.47. The highest BCUT2D eigenvalue weighted by Gasteiger charge is 2.53. The summed E-state index contributed by atoms with van der Waals surface area (Å²) in [5.41, 5.74) is 1.20. The Balaban J connectivity index is 1.61. The third-order valence-electron chi connectivity index (χ3n) is 6.47. The van der Waals surface area contributed by atoms with E-state index in [1.807, 2.05) is 24.3 Å². The Kier molecular flexibility index (Phi) is 5.74. The van der Waals surface area contributed by atoms with Gasteiger partial charge in [-0.05, 0) is 60.6 Å². The molecule has 0 radical (unpaired) electrons. The fourth-order valence-electron chi connectivity index (χ4n) is 4.43. The maximum Gasteiger partial charge on any atom is 0.325 e. The van der Waals surface area contributed by atoms with Crippen molar-refractivity contribution in [1.82, 2.24) is 10.2 Å². The van der Waals surface area contributed by atoms with E-state index >= 15 is 0 Å². The lowest BCUT2D eigenvalue weighted by molar-refractivity contribution is -0.135. The van der Waals surface area contributed by atoms with Crippen LogP contribution in [0.3, 0.4) is 0 Å². The summed E-state index contributed by atoms with van der Waals surface area (Å²) in [7, 11) is 0. The molecule has 1 heterocycles. The summed E-state index contributed by atoms with van der Waals surface area (Å²) in [5.74, 6) is 0.311. The molecule has 158 valence electrons. The van der Waals surface area contributed by atoms with Crippen molar-refractivity contribution in [2.75, 3.05) is 11.9 Å². The second-order valence-corrected chi connectivity index (χ2v) is 9.87. The van der Waals surface area contributed by atoms with Crippen LogP contribution < -0.4 is 10.6 Å². The Bertz CT molecular complexity index is 785. The second-order valence-electron chi connectivity index (χ2n) is 9.87. The Morgan fingerprint density at radius 3 is 2.28 bits per heavy atom. The number of amides is 4. The van der Waals surface area contributed by atoms with E-state index in [4.69, 9.17) is 0 Å². The molecule has 0 aromatic heterocycles. The van der Waals surface area contributed by atoms with E-state index in [0.717, 1.165) is 17.7 Å².